The van der Waals surface area contributed by atoms with Crippen LogP contribution in [-0.2, 0) is 14.3 Å². The Labute approximate surface area is 129 Å². The van der Waals surface area contributed by atoms with Crippen molar-refractivity contribution in [1.82, 2.24) is 4.90 Å². The van der Waals surface area contributed by atoms with Gasteiger partial charge in [0.2, 0.25) is 5.91 Å². The van der Waals surface area contributed by atoms with Gasteiger partial charge >= 0.3 is 5.97 Å². The van der Waals surface area contributed by atoms with E-state index in [1.807, 2.05) is 24.3 Å². The zero-order chi connectivity index (χ0) is 14.5. The summed E-state index contributed by atoms with van der Waals surface area (Å²) in [4.78, 5) is 25.6. The molecule has 0 saturated carbocycles. The molecule has 0 spiro atoms. The first-order valence-corrected chi connectivity index (χ1v) is 7.84. The summed E-state index contributed by atoms with van der Waals surface area (Å²) >= 11 is 4.75. The summed E-state index contributed by atoms with van der Waals surface area (Å²) in [6.45, 7) is 0.777. The number of ether oxygens (including phenoxy) is 1. The van der Waals surface area contributed by atoms with Crippen LogP contribution in [0.1, 0.15) is 0 Å². The highest BCUT2D eigenvalue weighted by Crippen LogP contribution is 2.21. The average molecular weight is 360 g/mol. The lowest BCUT2D eigenvalue weighted by molar-refractivity contribution is -0.157. The monoisotopic (exact) mass is 359 g/mol. The Kier molecular flexibility index (Phi) is 5.45. The first kappa shape index (κ1) is 15.3. The Balaban J connectivity index is 1.93. The molecular weight excluding hydrogens is 346 g/mol. The van der Waals surface area contributed by atoms with E-state index in [0.29, 0.717) is 13.2 Å². The first-order valence-electron chi connectivity index (χ1n) is 6.06. The largest absolute Gasteiger partial charge is 0.480 e. The molecule has 1 aromatic carbocycles. The molecule has 1 aliphatic heterocycles. The van der Waals surface area contributed by atoms with E-state index in [4.69, 9.17) is 9.84 Å². The Hall–Kier alpha value is -1.05. The Morgan fingerprint density at radius 2 is 2.10 bits per heavy atom. The van der Waals surface area contributed by atoms with Gasteiger partial charge in [-0.2, -0.15) is 0 Å². The van der Waals surface area contributed by atoms with E-state index in [0.717, 1.165) is 9.37 Å². The third-order valence-corrected chi connectivity index (χ3v) is 4.44. The Morgan fingerprint density at radius 1 is 1.40 bits per heavy atom. The highest BCUT2D eigenvalue weighted by atomic mass is 79.9. The molecular formula is C13H14BrNO4S. The van der Waals surface area contributed by atoms with Crippen LogP contribution in [0.5, 0.6) is 0 Å². The normalized spacial score (nSPS) is 18.9. The molecule has 20 heavy (non-hydrogen) atoms. The van der Waals surface area contributed by atoms with Crippen LogP contribution in [0.25, 0.3) is 0 Å². The number of carbonyl (C=O) groups is 2. The van der Waals surface area contributed by atoms with E-state index in [1.165, 1.54) is 16.7 Å². The minimum atomic E-state index is -1.02. The van der Waals surface area contributed by atoms with E-state index in [-0.39, 0.29) is 18.3 Å². The van der Waals surface area contributed by atoms with Crippen LogP contribution in [0.2, 0.25) is 0 Å². The average Bonchev–Trinajstić information content (AvgIpc) is 2.46. The molecule has 1 amide bonds. The molecule has 1 fully saturated rings. The van der Waals surface area contributed by atoms with Gasteiger partial charge < -0.3 is 14.7 Å². The number of nitrogens with zero attached hydrogens (tertiary/aromatic N) is 1. The molecule has 0 aliphatic carbocycles. The fourth-order valence-electron chi connectivity index (χ4n) is 1.87. The molecule has 1 aliphatic rings. The Morgan fingerprint density at radius 3 is 2.75 bits per heavy atom. The molecule has 1 saturated heterocycles. The topological polar surface area (TPSA) is 66.8 Å². The second-order valence-corrected chi connectivity index (χ2v) is 6.22. The fraction of sp³-hybridized carbons (Fsp3) is 0.385. The van der Waals surface area contributed by atoms with Gasteiger partial charge in [0.15, 0.2) is 6.04 Å². The summed E-state index contributed by atoms with van der Waals surface area (Å²) in [6.07, 6.45) is 0. The fourth-order valence-corrected chi connectivity index (χ4v) is 2.91. The molecule has 1 heterocycles. The minimum absolute atomic E-state index is 0.0595. The molecule has 1 aromatic rings. The second-order valence-electron chi connectivity index (χ2n) is 4.26. The van der Waals surface area contributed by atoms with E-state index < -0.39 is 12.0 Å². The molecule has 1 N–H and O–H groups in total. The summed E-state index contributed by atoms with van der Waals surface area (Å²) in [6, 6.07) is 6.76. The zero-order valence-corrected chi connectivity index (χ0v) is 13.0. The predicted octanol–water partition coefficient (Wildman–Crippen LogP) is 1.85. The number of carbonyl (C=O) groups excluding carboxylic acids is 1. The van der Waals surface area contributed by atoms with Gasteiger partial charge in [0.05, 0.1) is 19.0 Å². The smallest absolute Gasteiger partial charge is 0.328 e. The number of carboxylic acids is 1. The molecule has 1 unspecified atom stereocenters. The molecule has 0 bridgehead atoms. The van der Waals surface area contributed by atoms with Gasteiger partial charge in [0.1, 0.15) is 0 Å². The summed E-state index contributed by atoms with van der Waals surface area (Å²) < 4.78 is 6.09. The van der Waals surface area contributed by atoms with Crippen molar-refractivity contribution in [2.45, 2.75) is 10.9 Å². The predicted molar refractivity (Wildman–Crippen MR) is 78.8 cm³/mol. The van der Waals surface area contributed by atoms with Crippen molar-refractivity contribution in [2.75, 3.05) is 25.5 Å². The summed E-state index contributed by atoms with van der Waals surface area (Å²) in [5.74, 6) is -0.967. The SMILES string of the molecule is O=C(O)C1COCCN1C(=O)CSc1ccc(Br)cc1. The number of rotatable bonds is 4. The molecule has 2 rings (SSSR count). The third-order valence-electron chi connectivity index (χ3n) is 2.91. The highest BCUT2D eigenvalue weighted by Gasteiger charge is 2.32. The van der Waals surface area contributed by atoms with Crippen LogP contribution in [0, 0.1) is 0 Å². The Bertz CT molecular complexity index is 494. The lowest BCUT2D eigenvalue weighted by Gasteiger charge is -2.32. The van der Waals surface area contributed by atoms with Crippen molar-refractivity contribution in [2.24, 2.45) is 0 Å². The summed E-state index contributed by atoms with van der Waals surface area (Å²) in [5, 5.41) is 9.09. The van der Waals surface area contributed by atoms with Crippen molar-refractivity contribution >= 4 is 39.6 Å². The van der Waals surface area contributed by atoms with Crippen molar-refractivity contribution in [1.29, 1.82) is 0 Å². The van der Waals surface area contributed by atoms with E-state index >= 15 is 0 Å². The number of carboxylic acid groups (broad SMARTS) is 1. The van der Waals surface area contributed by atoms with Crippen LogP contribution in [0.4, 0.5) is 0 Å². The number of thioether (sulfide) groups is 1. The second kappa shape index (κ2) is 7.10. The van der Waals surface area contributed by atoms with Gasteiger partial charge in [-0.1, -0.05) is 15.9 Å². The maximum atomic E-state index is 12.1. The van der Waals surface area contributed by atoms with Gasteiger partial charge in [-0.15, -0.1) is 11.8 Å². The molecule has 1 atom stereocenters. The standard InChI is InChI=1S/C13H14BrNO4S/c14-9-1-3-10(4-2-9)20-8-12(16)15-5-6-19-7-11(15)13(17)18/h1-4,11H,5-8H2,(H,17,18). The first-order chi connectivity index (χ1) is 9.58. The quantitative estimate of drug-likeness (QED) is 0.831. The van der Waals surface area contributed by atoms with Gasteiger partial charge in [-0.3, -0.25) is 4.79 Å². The van der Waals surface area contributed by atoms with E-state index in [2.05, 4.69) is 15.9 Å². The molecule has 0 radical (unpaired) electrons. The number of amides is 1. The molecule has 7 heteroatoms. The van der Waals surface area contributed by atoms with E-state index in [1.54, 1.807) is 0 Å². The molecule has 108 valence electrons. The molecule has 0 aromatic heterocycles. The van der Waals surface area contributed by atoms with E-state index in [9.17, 15) is 9.59 Å². The van der Waals surface area contributed by atoms with Gasteiger partial charge in [-0.05, 0) is 24.3 Å². The number of halogens is 1. The van der Waals surface area contributed by atoms with Crippen LogP contribution in [-0.4, -0.2) is 53.4 Å². The van der Waals surface area contributed by atoms with Crippen molar-refractivity contribution in [3.63, 3.8) is 0 Å². The number of morpholine rings is 1. The lowest BCUT2D eigenvalue weighted by atomic mass is 10.2. The van der Waals surface area contributed by atoms with Gasteiger partial charge in [0, 0.05) is 15.9 Å². The summed E-state index contributed by atoms with van der Waals surface area (Å²) in [7, 11) is 0. The van der Waals surface area contributed by atoms with Crippen LogP contribution < -0.4 is 0 Å². The molecule has 5 nitrogen and oxygen atoms in total. The van der Waals surface area contributed by atoms with Crippen molar-refractivity contribution in [3.05, 3.63) is 28.7 Å². The highest BCUT2D eigenvalue weighted by molar-refractivity contribution is 9.10. The maximum Gasteiger partial charge on any atom is 0.328 e. The van der Waals surface area contributed by atoms with Crippen molar-refractivity contribution in [3.8, 4) is 0 Å². The third kappa shape index (κ3) is 3.97. The number of hydrogen-bond donors (Lipinski definition) is 1. The van der Waals surface area contributed by atoms with Gasteiger partial charge in [-0.25, -0.2) is 4.79 Å². The zero-order valence-electron chi connectivity index (χ0n) is 10.6. The number of hydrogen-bond acceptors (Lipinski definition) is 4. The van der Waals surface area contributed by atoms with Crippen LogP contribution in [0.3, 0.4) is 0 Å². The lowest BCUT2D eigenvalue weighted by Crippen LogP contribution is -2.53. The number of aliphatic carboxylic acids is 1. The minimum Gasteiger partial charge on any atom is -0.480 e. The number of benzene rings is 1. The maximum absolute atomic E-state index is 12.1. The van der Waals surface area contributed by atoms with Crippen LogP contribution in [0.15, 0.2) is 33.6 Å². The summed E-state index contributed by atoms with van der Waals surface area (Å²) in [5.41, 5.74) is 0. The van der Waals surface area contributed by atoms with Crippen LogP contribution >= 0.6 is 27.7 Å². The van der Waals surface area contributed by atoms with Gasteiger partial charge in [0.25, 0.3) is 0 Å². The van der Waals surface area contributed by atoms with Crippen molar-refractivity contribution < 1.29 is 19.4 Å².